The van der Waals surface area contributed by atoms with Crippen LogP contribution in [0.1, 0.15) is 17.5 Å². The van der Waals surface area contributed by atoms with Crippen LogP contribution in [0, 0.1) is 0 Å². The molecule has 1 fully saturated rings. The zero-order chi connectivity index (χ0) is 18.2. The van der Waals surface area contributed by atoms with Gasteiger partial charge in [-0.3, -0.25) is 4.79 Å². The lowest BCUT2D eigenvalue weighted by molar-refractivity contribution is -0.130. The van der Waals surface area contributed by atoms with Crippen LogP contribution >= 0.6 is 0 Å². The molecule has 1 saturated heterocycles. The SMILES string of the molecule is O=C(Cc1ccccc1)N1CCCN(C(=O)NCc2ccccc2)CC1. The summed E-state index contributed by atoms with van der Waals surface area (Å²) in [5.74, 6) is 0.128. The van der Waals surface area contributed by atoms with Crippen LogP contribution < -0.4 is 5.32 Å². The van der Waals surface area contributed by atoms with Crippen LogP contribution in [0.25, 0.3) is 0 Å². The summed E-state index contributed by atoms with van der Waals surface area (Å²) in [6, 6.07) is 19.6. The summed E-state index contributed by atoms with van der Waals surface area (Å²) in [4.78, 5) is 28.6. The first-order chi connectivity index (χ1) is 12.7. The summed E-state index contributed by atoms with van der Waals surface area (Å²) in [6.07, 6.45) is 1.22. The summed E-state index contributed by atoms with van der Waals surface area (Å²) in [5.41, 5.74) is 2.11. The summed E-state index contributed by atoms with van der Waals surface area (Å²) in [5, 5.41) is 2.96. The highest BCUT2D eigenvalue weighted by atomic mass is 16.2. The first-order valence-corrected chi connectivity index (χ1v) is 9.11. The number of hydrogen-bond acceptors (Lipinski definition) is 2. The lowest BCUT2D eigenvalue weighted by Crippen LogP contribution is -2.42. The fraction of sp³-hybridized carbons (Fsp3) is 0.333. The molecule has 1 heterocycles. The third-order valence-corrected chi connectivity index (χ3v) is 4.62. The monoisotopic (exact) mass is 351 g/mol. The molecule has 5 nitrogen and oxygen atoms in total. The Morgan fingerprint density at radius 1 is 0.769 bits per heavy atom. The Morgan fingerprint density at radius 2 is 1.35 bits per heavy atom. The summed E-state index contributed by atoms with van der Waals surface area (Å²) < 4.78 is 0. The molecular weight excluding hydrogens is 326 g/mol. The predicted molar refractivity (Wildman–Crippen MR) is 102 cm³/mol. The molecule has 3 amide bonds. The van der Waals surface area contributed by atoms with Gasteiger partial charge in [-0.15, -0.1) is 0 Å². The van der Waals surface area contributed by atoms with E-state index in [1.807, 2.05) is 65.6 Å². The molecule has 2 aromatic rings. The van der Waals surface area contributed by atoms with Gasteiger partial charge in [0.25, 0.3) is 0 Å². The van der Waals surface area contributed by atoms with Crippen molar-refractivity contribution < 1.29 is 9.59 Å². The van der Waals surface area contributed by atoms with Crippen LogP contribution in [-0.2, 0) is 17.8 Å². The molecule has 2 aromatic carbocycles. The highest BCUT2D eigenvalue weighted by Crippen LogP contribution is 2.08. The Bertz CT molecular complexity index is 719. The first kappa shape index (κ1) is 18.0. The van der Waals surface area contributed by atoms with Crippen molar-refractivity contribution in [1.29, 1.82) is 0 Å². The highest BCUT2D eigenvalue weighted by molar-refractivity contribution is 5.79. The quantitative estimate of drug-likeness (QED) is 0.921. The predicted octanol–water partition coefficient (Wildman–Crippen LogP) is 2.67. The number of nitrogens with zero attached hydrogens (tertiary/aromatic N) is 2. The van der Waals surface area contributed by atoms with E-state index in [4.69, 9.17) is 0 Å². The van der Waals surface area contributed by atoms with Crippen molar-refractivity contribution in [2.45, 2.75) is 19.4 Å². The summed E-state index contributed by atoms with van der Waals surface area (Å²) in [7, 11) is 0. The molecule has 0 spiro atoms. The smallest absolute Gasteiger partial charge is 0.317 e. The van der Waals surface area contributed by atoms with E-state index >= 15 is 0 Å². The van der Waals surface area contributed by atoms with E-state index in [0.717, 1.165) is 17.5 Å². The Labute approximate surface area is 154 Å². The van der Waals surface area contributed by atoms with Gasteiger partial charge < -0.3 is 15.1 Å². The van der Waals surface area contributed by atoms with Gasteiger partial charge in [0, 0.05) is 32.7 Å². The van der Waals surface area contributed by atoms with Gasteiger partial charge in [-0.05, 0) is 17.5 Å². The first-order valence-electron chi connectivity index (χ1n) is 9.11. The third-order valence-electron chi connectivity index (χ3n) is 4.62. The minimum Gasteiger partial charge on any atom is -0.341 e. The molecule has 0 bridgehead atoms. The van der Waals surface area contributed by atoms with Crippen molar-refractivity contribution >= 4 is 11.9 Å². The van der Waals surface area contributed by atoms with Gasteiger partial charge in [0.2, 0.25) is 5.91 Å². The molecule has 1 aliphatic heterocycles. The van der Waals surface area contributed by atoms with Crippen molar-refractivity contribution in [3.05, 3.63) is 71.8 Å². The van der Waals surface area contributed by atoms with Gasteiger partial charge in [-0.1, -0.05) is 60.7 Å². The van der Waals surface area contributed by atoms with Crippen molar-refractivity contribution in [3.63, 3.8) is 0 Å². The van der Waals surface area contributed by atoms with E-state index in [1.54, 1.807) is 4.90 Å². The topological polar surface area (TPSA) is 52.7 Å². The number of nitrogens with one attached hydrogen (secondary N) is 1. The van der Waals surface area contributed by atoms with Crippen LogP contribution in [-0.4, -0.2) is 47.9 Å². The zero-order valence-corrected chi connectivity index (χ0v) is 14.9. The lowest BCUT2D eigenvalue weighted by Gasteiger charge is -2.22. The van der Waals surface area contributed by atoms with Crippen LogP contribution in [0.3, 0.4) is 0 Å². The number of carbonyl (C=O) groups excluding carboxylic acids is 2. The molecule has 0 saturated carbocycles. The van der Waals surface area contributed by atoms with E-state index < -0.39 is 0 Å². The third kappa shape index (κ3) is 5.09. The molecular formula is C21H25N3O2. The number of urea groups is 1. The summed E-state index contributed by atoms with van der Waals surface area (Å²) >= 11 is 0. The van der Waals surface area contributed by atoms with Crippen molar-refractivity contribution in [3.8, 4) is 0 Å². The number of rotatable bonds is 4. The molecule has 3 rings (SSSR count). The van der Waals surface area contributed by atoms with Gasteiger partial charge in [0.1, 0.15) is 0 Å². The molecule has 0 atom stereocenters. The van der Waals surface area contributed by atoms with E-state index in [9.17, 15) is 9.59 Å². The number of hydrogen-bond donors (Lipinski definition) is 1. The van der Waals surface area contributed by atoms with Gasteiger partial charge in [0.05, 0.1) is 6.42 Å². The maximum Gasteiger partial charge on any atom is 0.317 e. The average molecular weight is 351 g/mol. The second-order valence-corrected chi connectivity index (χ2v) is 6.53. The largest absolute Gasteiger partial charge is 0.341 e. The molecule has 5 heteroatoms. The molecule has 0 unspecified atom stereocenters. The normalized spacial score (nSPS) is 14.6. The second-order valence-electron chi connectivity index (χ2n) is 6.53. The van der Waals surface area contributed by atoms with E-state index in [-0.39, 0.29) is 11.9 Å². The highest BCUT2D eigenvalue weighted by Gasteiger charge is 2.21. The Morgan fingerprint density at radius 3 is 2.04 bits per heavy atom. The maximum atomic E-state index is 12.5. The Kier molecular flexibility index (Phi) is 6.25. The van der Waals surface area contributed by atoms with Crippen LogP contribution in [0.2, 0.25) is 0 Å². The molecule has 1 aliphatic rings. The zero-order valence-electron chi connectivity index (χ0n) is 14.9. The number of carbonyl (C=O) groups is 2. The fourth-order valence-electron chi connectivity index (χ4n) is 3.14. The van der Waals surface area contributed by atoms with Crippen molar-refractivity contribution in [2.75, 3.05) is 26.2 Å². The van der Waals surface area contributed by atoms with Crippen LogP contribution in [0.15, 0.2) is 60.7 Å². The molecule has 0 radical (unpaired) electrons. The molecule has 0 aromatic heterocycles. The summed E-state index contributed by atoms with van der Waals surface area (Å²) in [6.45, 7) is 3.06. The molecule has 136 valence electrons. The van der Waals surface area contributed by atoms with Crippen molar-refractivity contribution in [1.82, 2.24) is 15.1 Å². The molecule has 0 aliphatic carbocycles. The minimum atomic E-state index is -0.0637. The van der Waals surface area contributed by atoms with Gasteiger partial charge >= 0.3 is 6.03 Å². The number of amides is 3. The molecule has 1 N–H and O–H groups in total. The van der Waals surface area contributed by atoms with Gasteiger partial charge in [-0.2, -0.15) is 0 Å². The van der Waals surface area contributed by atoms with Crippen LogP contribution in [0.5, 0.6) is 0 Å². The van der Waals surface area contributed by atoms with Gasteiger partial charge in [-0.25, -0.2) is 4.79 Å². The average Bonchev–Trinajstić information content (AvgIpc) is 2.94. The van der Waals surface area contributed by atoms with E-state index in [1.165, 1.54) is 0 Å². The van der Waals surface area contributed by atoms with Crippen LogP contribution in [0.4, 0.5) is 4.79 Å². The number of benzene rings is 2. The van der Waals surface area contributed by atoms with E-state index in [2.05, 4.69) is 5.32 Å². The van der Waals surface area contributed by atoms with Gasteiger partial charge in [0.15, 0.2) is 0 Å². The Hall–Kier alpha value is -2.82. The fourth-order valence-corrected chi connectivity index (χ4v) is 3.14. The van der Waals surface area contributed by atoms with Crippen molar-refractivity contribution in [2.24, 2.45) is 0 Å². The lowest BCUT2D eigenvalue weighted by atomic mass is 10.1. The Balaban J connectivity index is 1.48. The standard InChI is InChI=1S/C21H25N3O2/c25-20(16-18-8-3-1-4-9-18)23-12-7-13-24(15-14-23)21(26)22-17-19-10-5-2-6-11-19/h1-6,8-11H,7,12-17H2,(H,22,26). The second kappa shape index (κ2) is 9.04. The minimum absolute atomic E-state index is 0.0637. The maximum absolute atomic E-state index is 12.5. The van der Waals surface area contributed by atoms with E-state index in [0.29, 0.717) is 39.1 Å². The molecule has 26 heavy (non-hydrogen) atoms.